The van der Waals surface area contributed by atoms with Crippen molar-refractivity contribution in [3.05, 3.63) is 35.4 Å². The predicted molar refractivity (Wildman–Crippen MR) is 98.1 cm³/mol. The van der Waals surface area contributed by atoms with E-state index < -0.39 is 0 Å². The predicted octanol–water partition coefficient (Wildman–Crippen LogP) is 1.94. The highest BCUT2D eigenvalue weighted by molar-refractivity contribution is 5.80. The number of aliphatic imine (C=N–C) groups is 1. The summed E-state index contributed by atoms with van der Waals surface area (Å²) < 4.78 is 5.63. The molecule has 1 aromatic carbocycles. The molecule has 5 heteroatoms. The first-order valence-electron chi connectivity index (χ1n) is 8.86. The van der Waals surface area contributed by atoms with Crippen molar-refractivity contribution in [1.29, 1.82) is 0 Å². The molecule has 0 aliphatic carbocycles. The van der Waals surface area contributed by atoms with Gasteiger partial charge in [0.15, 0.2) is 5.96 Å². The van der Waals surface area contributed by atoms with Crippen molar-refractivity contribution < 1.29 is 4.74 Å². The van der Waals surface area contributed by atoms with Gasteiger partial charge in [-0.05, 0) is 38.1 Å². The van der Waals surface area contributed by atoms with Crippen LogP contribution < -0.4 is 5.32 Å². The molecule has 2 aliphatic heterocycles. The molecule has 5 nitrogen and oxygen atoms in total. The Hall–Kier alpha value is -1.59. The lowest BCUT2D eigenvalue weighted by Crippen LogP contribution is -2.41. The Kier molecular flexibility index (Phi) is 5.41. The standard InChI is InChI=1S/C19H30N4O/c1-20-18(23-9-7-19(14-23)8-10-24-15-19)21-12-16-5-4-6-17(11-16)13-22(2)3/h4-6,11H,7-10,12-15H2,1-3H3,(H,20,21). The Labute approximate surface area is 145 Å². The summed E-state index contributed by atoms with van der Waals surface area (Å²) in [4.78, 5) is 9.07. The molecule has 2 heterocycles. The molecule has 1 atom stereocenters. The van der Waals surface area contributed by atoms with Gasteiger partial charge in [-0.3, -0.25) is 4.99 Å². The fraction of sp³-hybridized carbons (Fsp3) is 0.632. The first kappa shape index (κ1) is 17.2. The molecule has 2 aliphatic rings. The van der Waals surface area contributed by atoms with Crippen molar-refractivity contribution in [2.24, 2.45) is 10.4 Å². The van der Waals surface area contributed by atoms with Crippen LogP contribution in [0.1, 0.15) is 24.0 Å². The molecule has 1 N–H and O–H groups in total. The molecule has 0 bridgehead atoms. The van der Waals surface area contributed by atoms with Crippen LogP contribution in [0.3, 0.4) is 0 Å². The second-order valence-corrected chi connectivity index (χ2v) is 7.43. The average Bonchev–Trinajstić information content (AvgIpc) is 3.18. The smallest absolute Gasteiger partial charge is 0.193 e. The molecule has 0 radical (unpaired) electrons. The zero-order valence-corrected chi connectivity index (χ0v) is 15.2. The number of likely N-dealkylation sites (tertiary alicyclic amines) is 1. The molecular formula is C19H30N4O. The molecule has 1 unspecified atom stereocenters. The van der Waals surface area contributed by atoms with Crippen LogP contribution in [0, 0.1) is 5.41 Å². The van der Waals surface area contributed by atoms with Gasteiger partial charge in [-0.1, -0.05) is 24.3 Å². The lowest BCUT2D eigenvalue weighted by molar-refractivity contribution is 0.156. The number of hydrogen-bond acceptors (Lipinski definition) is 3. The van der Waals surface area contributed by atoms with Crippen LogP contribution in [0.15, 0.2) is 29.3 Å². The van der Waals surface area contributed by atoms with Gasteiger partial charge in [0.25, 0.3) is 0 Å². The Morgan fingerprint density at radius 3 is 2.88 bits per heavy atom. The van der Waals surface area contributed by atoms with E-state index in [0.717, 1.165) is 45.4 Å². The number of nitrogens with one attached hydrogen (secondary N) is 1. The van der Waals surface area contributed by atoms with Gasteiger partial charge in [-0.25, -0.2) is 0 Å². The zero-order valence-electron chi connectivity index (χ0n) is 15.2. The average molecular weight is 330 g/mol. The first-order valence-corrected chi connectivity index (χ1v) is 8.86. The number of guanidine groups is 1. The molecule has 2 saturated heterocycles. The van der Waals surface area contributed by atoms with E-state index in [2.05, 4.69) is 58.5 Å². The van der Waals surface area contributed by atoms with E-state index in [1.54, 1.807) is 0 Å². The minimum absolute atomic E-state index is 0.364. The van der Waals surface area contributed by atoms with Gasteiger partial charge in [-0.2, -0.15) is 0 Å². The van der Waals surface area contributed by atoms with Crippen LogP contribution >= 0.6 is 0 Å². The highest BCUT2D eigenvalue weighted by atomic mass is 16.5. The van der Waals surface area contributed by atoms with Crippen LogP contribution in [0.4, 0.5) is 0 Å². The molecule has 132 valence electrons. The van der Waals surface area contributed by atoms with E-state index in [1.807, 2.05) is 7.05 Å². The van der Waals surface area contributed by atoms with Crippen molar-refractivity contribution in [1.82, 2.24) is 15.1 Å². The van der Waals surface area contributed by atoms with E-state index >= 15 is 0 Å². The lowest BCUT2D eigenvalue weighted by Gasteiger charge is -2.25. The fourth-order valence-electron chi connectivity index (χ4n) is 3.80. The van der Waals surface area contributed by atoms with Crippen molar-refractivity contribution in [2.45, 2.75) is 25.9 Å². The van der Waals surface area contributed by atoms with E-state index in [-0.39, 0.29) is 0 Å². The van der Waals surface area contributed by atoms with Gasteiger partial charge in [0.05, 0.1) is 6.61 Å². The summed E-state index contributed by atoms with van der Waals surface area (Å²) in [5.41, 5.74) is 3.01. The number of ether oxygens (including phenoxy) is 1. The Balaban J connectivity index is 1.57. The van der Waals surface area contributed by atoms with Crippen molar-refractivity contribution in [2.75, 3.05) is 47.4 Å². The summed E-state index contributed by atoms with van der Waals surface area (Å²) in [7, 11) is 6.08. The maximum atomic E-state index is 5.63. The van der Waals surface area contributed by atoms with Crippen LogP contribution in [0.25, 0.3) is 0 Å². The van der Waals surface area contributed by atoms with Gasteiger partial charge in [0, 0.05) is 45.2 Å². The number of benzene rings is 1. The van der Waals surface area contributed by atoms with E-state index in [4.69, 9.17) is 4.74 Å². The second kappa shape index (κ2) is 7.53. The normalized spacial score (nSPS) is 24.3. The highest BCUT2D eigenvalue weighted by Gasteiger charge is 2.42. The maximum Gasteiger partial charge on any atom is 0.193 e. The van der Waals surface area contributed by atoms with Gasteiger partial charge in [0.2, 0.25) is 0 Å². The third-order valence-corrected chi connectivity index (χ3v) is 5.08. The quantitative estimate of drug-likeness (QED) is 0.676. The zero-order chi connectivity index (χ0) is 17.0. The molecule has 0 aromatic heterocycles. The summed E-state index contributed by atoms with van der Waals surface area (Å²) in [6.07, 6.45) is 2.40. The SMILES string of the molecule is CN=C(NCc1cccc(CN(C)C)c1)N1CCC2(CCOC2)C1. The Morgan fingerprint density at radius 2 is 2.17 bits per heavy atom. The summed E-state index contributed by atoms with van der Waals surface area (Å²) in [6, 6.07) is 8.77. The molecule has 2 fully saturated rings. The second-order valence-electron chi connectivity index (χ2n) is 7.43. The summed E-state index contributed by atoms with van der Waals surface area (Å²) in [5, 5.41) is 3.54. The van der Waals surface area contributed by atoms with Crippen molar-refractivity contribution >= 4 is 5.96 Å². The molecule has 0 amide bonds. The van der Waals surface area contributed by atoms with Crippen LogP contribution in [0.5, 0.6) is 0 Å². The Morgan fingerprint density at radius 1 is 1.33 bits per heavy atom. The largest absolute Gasteiger partial charge is 0.381 e. The molecule has 0 saturated carbocycles. The van der Waals surface area contributed by atoms with E-state index in [0.29, 0.717) is 5.41 Å². The van der Waals surface area contributed by atoms with Crippen LogP contribution in [-0.4, -0.2) is 63.2 Å². The van der Waals surface area contributed by atoms with Gasteiger partial charge in [-0.15, -0.1) is 0 Å². The third kappa shape index (κ3) is 4.08. The van der Waals surface area contributed by atoms with Crippen LogP contribution in [-0.2, 0) is 17.8 Å². The van der Waals surface area contributed by atoms with Crippen LogP contribution in [0.2, 0.25) is 0 Å². The van der Waals surface area contributed by atoms with E-state index in [1.165, 1.54) is 24.0 Å². The van der Waals surface area contributed by atoms with Crippen molar-refractivity contribution in [3.63, 3.8) is 0 Å². The molecule has 1 aromatic rings. The van der Waals surface area contributed by atoms with Gasteiger partial charge >= 0.3 is 0 Å². The van der Waals surface area contributed by atoms with Crippen molar-refractivity contribution in [3.8, 4) is 0 Å². The van der Waals surface area contributed by atoms with Gasteiger partial charge in [0.1, 0.15) is 0 Å². The summed E-state index contributed by atoms with van der Waals surface area (Å²) in [6.45, 7) is 5.74. The fourth-order valence-corrected chi connectivity index (χ4v) is 3.80. The third-order valence-electron chi connectivity index (χ3n) is 5.08. The minimum Gasteiger partial charge on any atom is -0.381 e. The maximum absolute atomic E-state index is 5.63. The molecule has 1 spiro atoms. The molecular weight excluding hydrogens is 300 g/mol. The topological polar surface area (TPSA) is 40.1 Å². The summed E-state index contributed by atoms with van der Waals surface area (Å²) in [5.74, 6) is 1.01. The summed E-state index contributed by atoms with van der Waals surface area (Å²) >= 11 is 0. The van der Waals surface area contributed by atoms with Gasteiger partial charge < -0.3 is 19.9 Å². The molecule has 3 rings (SSSR count). The minimum atomic E-state index is 0.364. The number of hydrogen-bond donors (Lipinski definition) is 1. The molecule has 24 heavy (non-hydrogen) atoms. The monoisotopic (exact) mass is 330 g/mol. The number of nitrogens with zero attached hydrogens (tertiary/aromatic N) is 3. The number of rotatable bonds is 4. The Bertz CT molecular complexity index is 578. The highest BCUT2D eigenvalue weighted by Crippen LogP contribution is 2.38. The first-order chi connectivity index (χ1) is 11.6. The lowest BCUT2D eigenvalue weighted by atomic mass is 9.87. The van der Waals surface area contributed by atoms with E-state index in [9.17, 15) is 0 Å².